The number of phosphoric ester groups is 1. The number of aliphatic hydroxyl groups excluding tert-OH is 2. The number of hydrogen-bond donors (Lipinski definition) is 8. The number of nitrogen functional groups attached to an aromatic ring is 1. The van der Waals surface area contributed by atoms with Gasteiger partial charge in [0.05, 0.1) is 13.7 Å². The molecule has 1 aliphatic heterocycles. The summed E-state index contributed by atoms with van der Waals surface area (Å²) >= 11 is 0. The highest BCUT2D eigenvalue weighted by atomic mass is 31.3. The van der Waals surface area contributed by atoms with Crippen LogP contribution in [0.25, 0.3) is 11.2 Å². The summed E-state index contributed by atoms with van der Waals surface area (Å²) in [6.45, 7) is -0.994. The topological polar surface area (TPSA) is 290 Å². The second-order valence-electron chi connectivity index (χ2n) is 6.64. The molecule has 19 nitrogen and oxygen atoms in total. The molecular formula is C11H19N5O14P3+. The second kappa shape index (κ2) is 8.90. The van der Waals surface area contributed by atoms with E-state index in [4.69, 9.17) is 25.2 Å². The van der Waals surface area contributed by atoms with Crippen molar-refractivity contribution >= 4 is 40.6 Å². The van der Waals surface area contributed by atoms with E-state index in [1.165, 1.54) is 22.5 Å². The van der Waals surface area contributed by atoms with Crippen molar-refractivity contribution in [2.75, 3.05) is 12.3 Å². The van der Waals surface area contributed by atoms with Crippen molar-refractivity contribution < 1.29 is 71.0 Å². The second-order valence-corrected chi connectivity index (χ2v) is 11.1. The van der Waals surface area contributed by atoms with Crippen LogP contribution in [0.15, 0.2) is 6.33 Å². The molecule has 6 unspecified atom stereocenters. The first-order valence-electron chi connectivity index (χ1n) is 8.52. The van der Waals surface area contributed by atoms with Gasteiger partial charge in [-0.15, -0.1) is 0 Å². The average Bonchev–Trinajstić information content (AvgIpc) is 3.07. The molecule has 0 spiro atoms. The molecule has 2 aromatic rings. The fraction of sp³-hybridized carbons (Fsp3) is 0.545. The molecule has 1 aliphatic rings. The van der Waals surface area contributed by atoms with Gasteiger partial charge in [-0.1, -0.05) is 0 Å². The number of aromatic hydroxyl groups is 1. The van der Waals surface area contributed by atoms with Crippen molar-refractivity contribution in [1.82, 2.24) is 14.5 Å². The smallest absolute Gasteiger partial charge is 0.490 e. The van der Waals surface area contributed by atoms with E-state index in [9.17, 15) is 33.9 Å². The van der Waals surface area contributed by atoms with Crippen LogP contribution in [0.5, 0.6) is 5.88 Å². The Labute approximate surface area is 183 Å². The molecule has 1 fully saturated rings. The van der Waals surface area contributed by atoms with Crippen molar-refractivity contribution in [3.63, 3.8) is 0 Å². The lowest BCUT2D eigenvalue weighted by atomic mass is 10.1. The van der Waals surface area contributed by atoms with Crippen molar-refractivity contribution in [3.05, 3.63) is 6.33 Å². The molecule has 2 aromatic heterocycles. The van der Waals surface area contributed by atoms with Crippen LogP contribution in [0.4, 0.5) is 5.95 Å². The maximum absolute atomic E-state index is 11.8. The van der Waals surface area contributed by atoms with Crippen molar-refractivity contribution in [2.45, 2.75) is 24.5 Å². The number of nitrogens with two attached hydrogens (primary N) is 1. The quantitative estimate of drug-likeness (QED) is 0.127. The van der Waals surface area contributed by atoms with E-state index in [-0.39, 0.29) is 17.1 Å². The van der Waals surface area contributed by atoms with Gasteiger partial charge in [-0.25, -0.2) is 18.3 Å². The highest BCUT2D eigenvalue weighted by Gasteiger charge is 2.49. The van der Waals surface area contributed by atoms with Crippen LogP contribution in [-0.2, 0) is 38.6 Å². The highest BCUT2D eigenvalue weighted by molar-refractivity contribution is 7.66. The minimum Gasteiger partial charge on any atom is -0.490 e. The molecule has 0 aromatic carbocycles. The maximum Gasteiger partial charge on any atom is 0.490 e. The molecule has 6 atom stereocenters. The summed E-state index contributed by atoms with van der Waals surface area (Å²) in [5, 5.41) is 30.6. The van der Waals surface area contributed by atoms with Crippen LogP contribution in [-0.4, -0.2) is 74.3 Å². The van der Waals surface area contributed by atoms with Crippen molar-refractivity contribution in [1.29, 1.82) is 0 Å². The largest absolute Gasteiger partial charge is 0.490 e. The zero-order valence-electron chi connectivity index (χ0n) is 16.3. The Morgan fingerprint density at radius 3 is 2.36 bits per heavy atom. The van der Waals surface area contributed by atoms with Gasteiger partial charge in [-0.3, -0.25) is 4.52 Å². The lowest BCUT2D eigenvalue weighted by Gasteiger charge is -2.18. The summed E-state index contributed by atoms with van der Waals surface area (Å²) in [5.41, 5.74) is 5.63. The van der Waals surface area contributed by atoms with E-state index >= 15 is 0 Å². The number of aliphatic hydroxyl groups is 2. The molecule has 186 valence electrons. The number of nitrogens with zero attached hydrogens (tertiary/aromatic N) is 4. The first kappa shape index (κ1) is 26.1. The van der Waals surface area contributed by atoms with Gasteiger partial charge < -0.3 is 45.4 Å². The van der Waals surface area contributed by atoms with Crippen LogP contribution < -0.4 is 10.3 Å². The monoisotopic (exact) mass is 538 g/mol. The van der Waals surface area contributed by atoms with Gasteiger partial charge in [0.25, 0.3) is 17.0 Å². The Bertz CT molecular complexity index is 1200. The SMILES string of the molecule is C[n+]1cn(C2OC(COP(=O)(O)OP(=O)(O)OP(=O)(O)O)C(O)C2O)c2nc(N)nc(O)c21. The average molecular weight is 538 g/mol. The van der Waals surface area contributed by atoms with Crippen molar-refractivity contribution in [3.8, 4) is 5.88 Å². The van der Waals surface area contributed by atoms with E-state index in [1.54, 1.807) is 0 Å². The zero-order valence-corrected chi connectivity index (χ0v) is 19.0. The van der Waals surface area contributed by atoms with E-state index < -0.39 is 60.5 Å². The van der Waals surface area contributed by atoms with Crippen LogP contribution >= 0.6 is 23.5 Å². The van der Waals surface area contributed by atoms with Gasteiger partial charge in [-0.05, 0) is 0 Å². The number of imidazole rings is 1. The standard InChI is InChI=1S/C11H18N5O14P3/c1-15-3-16(8-5(15)9(19)14-11(12)13-8)10-7(18)6(17)4(28-10)2-27-32(23,24)30-33(25,26)29-31(20,21)22/h3-4,6-7,10,17-18H,2H2,1H3,(H6-,12,13,14,19,20,21,22,23,24,25,26)/p+1. The molecular weight excluding hydrogens is 519 g/mol. The number of aryl methyl sites for hydroxylation is 1. The van der Waals surface area contributed by atoms with E-state index in [0.717, 1.165) is 0 Å². The summed E-state index contributed by atoms with van der Waals surface area (Å²) < 4.78 is 53.4. The molecule has 1 saturated heterocycles. The predicted octanol–water partition coefficient (Wildman–Crippen LogP) is -2.49. The van der Waals surface area contributed by atoms with Crippen LogP contribution in [0.3, 0.4) is 0 Å². The Balaban J connectivity index is 1.75. The molecule has 0 bridgehead atoms. The summed E-state index contributed by atoms with van der Waals surface area (Å²) in [6, 6.07) is 0. The molecule has 22 heteroatoms. The first-order valence-corrected chi connectivity index (χ1v) is 13.0. The molecule has 3 rings (SSSR count). The predicted molar refractivity (Wildman–Crippen MR) is 101 cm³/mol. The molecule has 0 radical (unpaired) electrons. The summed E-state index contributed by atoms with van der Waals surface area (Å²) in [5.74, 6) is -0.784. The number of phosphoric acid groups is 3. The molecule has 33 heavy (non-hydrogen) atoms. The van der Waals surface area contributed by atoms with Crippen LogP contribution in [0.2, 0.25) is 0 Å². The molecule has 0 aliphatic carbocycles. The van der Waals surface area contributed by atoms with E-state index in [1.807, 2.05) is 0 Å². The van der Waals surface area contributed by atoms with E-state index in [0.29, 0.717) is 0 Å². The lowest BCUT2D eigenvalue weighted by molar-refractivity contribution is -0.646. The first-order chi connectivity index (χ1) is 15.0. The fourth-order valence-corrected chi connectivity index (χ4v) is 6.03. The molecule has 0 saturated carbocycles. The number of ether oxygens (including phenoxy) is 1. The van der Waals surface area contributed by atoms with Crippen LogP contribution in [0, 0.1) is 0 Å². The molecule has 0 amide bonds. The van der Waals surface area contributed by atoms with Crippen molar-refractivity contribution in [2.24, 2.45) is 7.05 Å². The third-order valence-electron chi connectivity index (χ3n) is 4.19. The summed E-state index contributed by atoms with van der Waals surface area (Å²) in [6.07, 6.45) is -4.94. The van der Waals surface area contributed by atoms with Gasteiger partial charge in [0.15, 0.2) is 0 Å². The molecule has 3 heterocycles. The van der Waals surface area contributed by atoms with Crippen LogP contribution in [0.1, 0.15) is 6.23 Å². The number of hydrogen-bond acceptors (Lipinski definition) is 13. The summed E-state index contributed by atoms with van der Waals surface area (Å²) in [7, 11) is -15.3. The van der Waals surface area contributed by atoms with Gasteiger partial charge >= 0.3 is 23.5 Å². The fourth-order valence-electron chi connectivity index (χ4n) is 3.00. The van der Waals surface area contributed by atoms with Gasteiger partial charge in [0.2, 0.25) is 18.5 Å². The third kappa shape index (κ3) is 5.93. The minimum atomic E-state index is -5.73. The zero-order chi connectivity index (χ0) is 24.9. The summed E-state index contributed by atoms with van der Waals surface area (Å²) in [4.78, 5) is 43.2. The molecule has 9 N–H and O–H groups in total. The minimum absolute atomic E-state index is 0.00675. The normalized spacial score (nSPS) is 27.5. The lowest BCUT2D eigenvalue weighted by Crippen LogP contribution is -2.34. The Hall–Kier alpha value is -1.56. The highest BCUT2D eigenvalue weighted by Crippen LogP contribution is 2.66. The Morgan fingerprint density at radius 1 is 1.12 bits per heavy atom. The number of aromatic nitrogens is 4. The van der Waals surface area contributed by atoms with Gasteiger partial charge in [-0.2, -0.15) is 23.2 Å². The van der Waals surface area contributed by atoms with Gasteiger partial charge in [0, 0.05) is 0 Å². The number of anilines is 1. The number of fused-ring (bicyclic) bond motifs is 1. The number of rotatable bonds is 8. The van der Waals surface area contributed by atoms with E-state index in [2.05, 4.69) is 23.1 Å². The Morgan fingerprint density at radius 2 is 1.76 bits per heavy atom. The third-order valence-corrected chi connectivity index (χ3v) is 7.99. The van der Waals surface area contributed by atoms with Gasteiger partial charge in [0.1, 0.15) is 18.3 Å². The maximum atomic E-state index is 11.8. The Kier molecular flexibility index (Phi) is 7.03.